The molecule has 1 saturated heterocycles. The van der Waals surface area contributed by atoms with Gasteiger partial charge in [0.05, 0.1) is 0 Å². The number of sulfone groups is 1. The van der Waals surface area contributed by atoms with E-state index in [1.807, 2.05) is 0 Å². The number of aromatic nitrogens is 1. The summed E-state index contributed by atoms with van der Waals surface area (Å²) in [7, 11) is -3.69. The number of aryl methyl sites for hydroxylation is 1. The quantitative estimate of drug-likeness (QED) is 0.851. The molecule has 1 aromatic heterocycles. The third-order valence-electron chi connectivity index (χ3n) is 3.84. The highest BCUT2D eigenvalue weighted by Crippen LogP contribution is 2.25. The maximum Gasteiger partial charge on any atom is 0.241 e. The molecule has 1 aliphatic rings. The fraction of sp³-hybridized carbons (Fsp3) is 0.714. The Morgan fingerprint density at radius 1 is 1.38 bits per heavy atom. The van der Waals surface area contributed by atoms with Gasteiger partial charge in [-0.05, 0) is 32.1 Å². The van der Waals surface area contributed by atoms with Gasteiger partial charge in [0.25, 0.3) is 0 Å². The molecular formula is C14H22N2O3S2. The summed E-state index contributed by atoms with van der Waals surface area (Å²) in [6.45, 7) is 8.69. The van der Waals surface area contributed by atoms with Crippen molar-refractivity contribution in [1.29, 1.82) is 0 Å². The number of hydrogen-bond acceptors (Lipinski definition) is 5. The van der Waals surface area contributed by atoms with E-state index in [-0.39, 0.29) is 10.2 Å². The molecular weight excluding hydrogens is 308 g/mol. The zero-order valence-electron chi connectivity index (χ0n) is 12.9. The van der Waals surface area contributed by atoms with E-state index in [1.165, 1.54) is 6.92 Å². The zero-order chi connectivity index (χ0) is 15.8. The van der Waals surface area contributed by atoms with E-state index in [9.17, 15) is 13.2 Å². The summed E-state index contributed by atoms with van der Waals surface area (Å²) < 4.78 is 25.0. The van der Waals surface area contributed by atoms with Gasteiger partial charge >= 0.3 is 0 Å². The third-order valence-corrected chi connectivity index (χ3v) is 7.28. The molecule has 1 aromatic rings. The van der Waals surface area contributed by atoms with Crippen molar-refractivity contribution in [2.24, 2.45) is 11.8 Å². The SMILES string of the molecule is Cc1csc(S(=O)(=O)[C@H](C)C(=O)N2C[C@H](C)C[C@H](C)C2)n1. The molecule has 0 aliphatic carbocycles. The number of rotatable bonds is 3. The molecule has 2 heterocycles. The summed E-state index contributed by atoms with van der Waals surface area (Å²) >= 11 is 1.08. The molecule has 1 amide bonds. The summed E-state index contributed by atoms with van der Waals surface area (Å²) in [5.74, 6) is 0.519. The van der Waals surface area contributed by atoms with Crippen molar-refractivity contribution < 1.29 is 13.2 Å². The van der Waals surface area contributed by atoms with Crippen molar-refractivity contribution in [3.63, 3.8) is 0 Å². The highest BCUT2D eigenvalue weighted by atomic mass is 32.2. The van der Waals surface area contributed by atoms with Crippen LogP contribution in [0.4, 0.5) is 0 Å². The van der Waals surface area contributed by atoms with Crippen LogP contribution in [0.1, 0.15) is 32.9 Å². The molecule has 7 heteroatoms. The average molecular weight is 330 g/mol. The molecule has 0 N–H and O–H groups in total. The van der Waals surface area contributed by atoms with Gasteiger partial charge in [0.15, 0.2) is 0 Å². The number of likely N-dealkylation sites (tertiary alicyclic amines) is 1. The predicted molar refractivity (Wildman–Crippen MR) is 83.0 cm³/mol. The Morgan fingerprint density at radius 2 is 1.95 bits per heavy atom. The molecule has 3 atom stereocenters. The van der Waals surface area contributed by atoms with E-state index in [1.54, 1.807) is 17.2 Å². The normalized spacial score (nSPS) is 24.9. The van der Waals surface area contributed by atoms with Gasteiger partial charge in [0.2, 0.25) is 20.1 Å². The first-order valence-corrected chi connectivity index (χ1v) is 9.59. The van der Waals surface area contributed by atoms with Crippen molar-refractivity contribution in [3.05, 3.63) is 11.1 Å². The Kier molecular flexibility index (Phi) is 4.72. The second-order valence-electron chi connectivity index (χ2n) is 6.13. The van der Waals surface area contributed by atoms with Crippen LogP contribution in [0.3, 0.4) is 0 Å². The van der Waals surface area contributed by atoms with Gasteiger partial charge in [-0.25, -0.2) is 13.4 Å². The Balaban J connectivity index is 2.19. The Morgan fingerprint density at radius 3 is 2.43 bits per heavy atom. The first-order chi connectivity index (χ1) is 9.71. The minimum atomic E-state index is -3.69. The highest BCUT2D eigenvalue weighted by Gasteiger charge is 2.37. The second kappa shape index (κ2) is 6.04. The van der Waals surface area contributed by atoms with Crippen LogP contribution in [0.5, 0.6) is 0 Å². The van der Waals surface area contributed by atoms with Crippen LogP contribution in [0.25, 0.3) is 0 Å². The molecule has 21 heavy (non-hydrogen) atoms. The lowest BCUT2D eigenvalue weighted by Gasteiger charge is -2.36. The first-order valence-electron chi connectivity index (χ1n) is 7.16. The van der Waals surface area contributed by atoms with Gasteiger partial charge in [-0.15, -0.1) is 11.3 Å². The molecule has 0 bridgehead atoms. The molecule has 2 rings (SSSR count). The molecule has 0 aromatic carbocycles. The van der Waals surface area contributed by atoms with Crippen molar-refractivity contribution in [1.82, 2.24) is 9.88 Å². The Labute approximate surface area is 130 Å². The van der Waals surface area contributed by atoms with Gasteiger partial charge in [0, 0.05) is 24.2 Å². The number of thiazole rings is 1. The molecule has 1 fully saturated rings. The number of piperidine rings is 1. The van der Waals surface area contributed by atoms with E-state index in [2.05, 4.69) is 18.8 Å². The zero-order valence-corrected chi connectivity index (χ0v) is 14.5. The molecule has 0 spiro atoms. The van der Waals surface area contributed by atoms with E-state index >= 15 is 0 Å². The first kappa shape index (κ1) is 16.4. The fourth-order valence-electron chi connectivity index (χ4n) is 2.85. The minimum absolute atomic E-state index is 0.0407. The van der Waals surface area contributed by atoms with E-state index in [0.29, 0.717) is 30.6 Å². The molecule has 1 aliphatic heterocycles. The van der Waals surface area contributed by atoms with Crippen molar-refractivity contribution in [3.8, 4) is 0 Å². The standard InChI is InChI=1S/C14H22N2O3S2/c1-9-5-10(2)7-16(6-9)13(17)12(4)21(18,19)14-15-11(3)8-20-14/h8-10,12H,5-7H2,1-4H3/t9-,10+,12-/m1/s1. The summed E-state index contributed by atoms with van der Waals surface area (Å²) in [6, 6.07) is 0. The number of nitrogens with zero attached hydrogens (tertiary/aromatic N) is 2. The maximum absolute atomic E-state index is 12.5. The van der Waals surface area contributed by atoms with Gasteiger partial charge < -0.3 is 4.90 Å². The summed E-state index contributed by atoms with van der Waals surface area (Å²) in [4.78, 5) is 18.3. The van der Waals surface area contributed by atoms with Crippen molar-refractivity contribution in [2.75, 3.05) is 13.1 Å². The Hall–Kier alpha value is -0.950. The van der Waals surface area contributed by atoms with Crippen molar-refractivity contribution >= 4 is 27.1 Å². The molecule has 0 saturated carbocycles. The smallest absolute Gasteiger partial charge is 0.241 e. The predicted octanol–water partition coefficient (Wildman–Crippen LogP) is 2.12. The van der Waals surface area contributed by atoms with E-state index in [0.717, 1.165) is 17.8 Å². The van der Waals surface area contributed by atoms with Crippen LogP contribution in [0.2, 0.25) is 0 Å². The lowest BCUT2D eigenvalue weighted by molar-refractivity contribution is -0.133. The lowest BCUT2D eigenvalue weighted by Crippen LogP contribution is -2.48. The molecule has 0 unspecified atom stereocenters. The maximum atomic E-state index is 12.5. The molecule has 5 nitrogen and oxygen atoms in total. The lowest BCUT2D eigenvalue weighted by atomic mass is 9.92. The van der Waals surface area contributed by atoms with Gasteiger partial charge in [-0.1, -0.05) is 13.8 Å². The number of carbonyl (C=O) groups excluding carboxylic acids is 1. The monoisotopic (exact) mass is 330 g/mol. The van der Waals surface area contributed by atoms with E-state index < -0.39 is 15.1 Å². The largest absolute Gasteiger partial charge is 0.341 e. The highest BCUT2D eigenvalue weighted by molar-refractivity contribution is 7.94. The topological polar surface area (TPSA) is 67.3 Å². The van der Waals surface area contributed by atoms with Crippen LogP contribution in [0, 0.1) is 18.8 Å². The van der Waals surface area contributed by atoms with Gasteiger partial charge in [-0.2, -0.15) is 0 Å². The van der Waals surface area contributed by atoms with Gasteiger partial charge in [0.1, 0.15) is 5.25 Å². The van der Waals surface area contributed by atoms with Gasteiger partial charge in [-0.3, -0.25) is 4.79 Å². The number of carbonyl (C=O) groups is 1. The fourth-order valence-corrected chi connectivity index (χ4v) is 5.47. The van der Waals surface area contributed by atoms with Crippen LogP contribution in [-0.4, -0.2) is 42.5 Å². The Bertz CT molecular complexity index is 614. The van der Waals surface area contributed by atoms with Crippen molar-refractivity contribution in [2.45, 2.75) is 43.7 Å². The minimum Gasteiger partial charge on any atom is -0.341 e. The van der Waals surface area contributed by atoms with Crippen LogP contribution >= 0.6 is 11.3 Å². The van der Waals surface area contributed by atoms with E-state index in [4.69, 9.17) is 0 Å². The second-order valence-corrected chi connectivity index (χ2v) is 9.43. The summed E-state index contributed by atoms with van der Waals surface area (Å²) in [6.07, 6.45) is 1.08. The third kappa shape index (κ3) is 3.45. The summed E-state index contributed by atoms with van der Waals surface area (Å²) in [5, 5.41) is 0.621. The molecule has 0 radical (unpaired) electrons. The van der Waals surface area contributed by atoms with Crippen LogP contribution in [0.15, 0.2) is 9.72 Å². The number of amides is 1. The van der Waals surface area contributed by atoms with Crippen LogP contribution < -0.4 is 0 Å². The van der Waals surface area contributed by atoms with Crippen LogP contribution in [-0.2, 0) is 14.6 Å². The summed E-state index contributed by atoms with van der Waals surface area (Å²) in [5.41, 5.74) is 0.665. The average Bonchev–Trinajstić information content (AvgIpc) is 2.83. The number of hydrogen-bond donors (Lipinski definition) is 0. The molecule has 118 valence electrons.